The Morgan fingerprint density at radius 3 is 3.00 bits per heavy atom. The molecule has 1 amide bonds. The standard InChI is InChI=1S/C10H11Cl2N3O2/c11-7-8(12)13-5-14-9(7)15-10(16)6-2-1-3-17-4-6/h5-6H,1-4H2,(H,13,14,15,16). The minimum absolute atomic E-state index is 0.122. The summed E-state index contributed by atoms with van der Waals surface area (Å²) < 4.78 is 5.24. The number of amides is 1. The Balaban J connectivity index is 2.04. The summed E-state index contributed by atoms with van der Waals surface area (Å²) in [7, 11) is 0. The van der Waals surface area contributed by atoms with Crippen LogP contribution in [0.1, 0.15) is 12.8 Å². The molecule has 1 atom stereocenters. The van der Waals surface area contributed by atoms with E-state index in [-0.39, 0.29) is 27.8 Å². The molecule has 2 rings (SSSR count). The van der Waals surface area contributed by atoms with E-state index in [1.807, 2.05) is 0 Å². The van der Waals surface area contributed by atoms with Gasteiger partial charge in [-0.1, -0.05) is 23.2 Å². The molecule has 0 spiro atoms. The quantitative estimate of drug-likeness (QED) is 0.840. The van der Waals surface area contributed by atoms with Crippen molar-refractivity contribution in [3.05, 3.63) is 16.5 Å². The van der Waals surface area contributed by atoms with Crippen molar-refractivity contribution in [2.45, 2.75) is 12.8 Å². The van der Waals surface area contributed by atoms with Crippen molar-refractivity contribution < 1.29 is 9.53 Å². The number of anilines is 1. The summed E-state index contributed by atoms with van der Waals surface area (Å²) in [4.78, 5) is 19.5. The molecule has 92 valence electrons. The van der Waals surface area contributed by atoms with E-state index in [2.05, 4.69) is 15.3 Å². The van der Waals surface area contributed by atoms with Crippen LogP contribution in [0, 0.1) is 5.92 Å². The number of carbonyl (C=O) groups excluding carboxylic acids is 1. The third kappa shape index (κ3) is 3.06. The van der Waals surface area contributed by atoms with Gasteiger partial charge in [0.15, 0.2) is 11.0 Å². The van der Waals surface area contributed by atoms with Crippen molar-refractivity contribution in [2.75, 3.05) is 18.5 Å². The van der Waals surface area contributed by atoms with Gasteiger partial charge in [0.1, 0.15) is 11.3 Å². The summed E-state index contributed by atoms with van der Waals surface area (Å²) in [5.74, 6) is -0.0721. The zero-order valence-corrected chi connectivity index (χ0v) is 10.5. The predicted octanol–water partition coefficient (Wildman–Crippen LogP) is 2.15. The molecule has 5 nitrogen and oxygen atoms in total. The van der Waals surface area contributed by atoms with Crippen LogP contribution in [0.25, 0.3) is 0 Å². The highest BCUT2D eigenvalue weighted by atomic mass is 35.5. The van der Waals surface area contributed by atoms with Crippen molar-refractivity contribution in [2.24, 2.45) is 5.92 Å². The summed E-state index contributed by atoms with van der Waals surface area (Å²) in [5.41, 5.74) is 0. The number of ether oxygens (including phenoxy) is 1. The molecule has 1 unspecified atom stereocenters. The van der Waals surface area contributed by atoms with Crippen molar-refractivity contribution in [3.8, 4) is 0 Å². The molecule has 1 fully saturated rings. The van der Waals surface area contributed by atoms with E-state index in [9.17, 15) is 4.79 Å². The predicted molar refractivity (Wildman–Crippen MR) is 64.2 cm³/mol. The molecule has 1 aromatic heterocycles. The van der Waals surface area contributed by atoms with Crippen LogP contribution in [-0.4, -0.2) is 29.1 Å². The molecule has 1 N–H and O–H groups in total. The molecule has 0 radical (unpaired) electrons. The number of hydrogen-bond acceptors (Lipinski definition) is 4. The summed E-state index contributed by atoms with van der Waals surface area (Å²) in [6.07, 6.45) is 2.94. The average molecular weight is 276 g/mol. The summed E-state index contributed by atoms with van der Waals surface area (Å²) in [6.45, 7) is 1.14. The molecule has 1 aliphatic heterocycles. The Hall–Kier alpha value is -0.910. The molecule has 1 saturated heterocycles. The van der Waals surface area contributed by atoms with E-state index in [0.717, 1.165) is 12.8 Å². The minimum Gasteiger partial charge on any atom is -0.381 e. The van der Waals surface area contributed by atoms with Gasteiger partial charge in [0.05, 0.1) is 12.5 Å². The molecule has 1 aliphatic rings. The molecular formula is C10H11Cl2N3O2. The number of rotatable bonds is 2. The molecular weight excluding hydrogens is 265 g/mol. The first kappa shape index (κ1) is 12.5. The van der Waals surface area contributed by atoms with E-state index in [1.54, 1.807) is 0 Å². The normalized spacial score (nSPS) is 20.0. The van der Waals surface area contributed by atoms with Crippen LogP contribution in [0.4, 0.5) is 5.82 Å². The van der Waals surface area contributed by atoms with E-state index in [1.165, 1.54) is 6.33 Å². The van der Waals surface area contributed by atoms with Gasteiger partial charge in [-0.2, -0.15) is 0 Å². The maximum Gasteiger partial charge on any atom is 0.231 e. The average Bonchev–Trinajstić information content (AvgIpc) is 2.36. The molecule has 2 heterocycles. The van der Waals surface area contributed by atoms with Crippen LogP contribution in [-0.2, 0) is 9.53 Å². The molecule has 17 heavy (non-hydrogen) atoms. The number of nitrogens with one attached hydrogen (secondary N) is 1. The van der Waals surface area contributed by atoms with E-state index < -0.39 is 0 Å². The van der Waals surface area contributed by atoms with Gasteiger partial charge in [-0.15, -0.1) is 0 Å². The van der Waals surface area contributed by atoms with Crippen LogP contribution in [0.2, 0.25) is 10.2 Å². The van der Waals surface area contributed by atoms with Crippen molar-refractivity contribution >= 4 is 34.9 Å². The zero-order valence-electron chi connectivity index (χ0n) is 8.95. The molecule has 1 aromatic rings. The Morgan fingerprint density at radius 2 is 2.29 bits per heavy atom. The number of hydrogen-bond donors (Lipinski definition) is 1. The third-order valence-electron chi connectivity index (χ3n) is 2.52. The second-order valence-corrected chi connectivity index (χ2v) is 4.47. The van der Waals surface area contributed by atoms with Gasteiger partial charge in [0, 0.05) is 6.61 Å². The number of halogens is 2. The second-order valence-electron chi connectivity index (χ2n) is 3.73. The van der Waals surface area contributed by atoms with E-state index in [4.69, 9.17) is 27.9 Å². The molecule has 0 aliphatic carbocycles. The third-order valence-corrected chi connectivity index (χ3v) is 3.26. The fourth-order valence-corrected chi connectivity index (χ4v) is 1.88. The van der Waals surface area contributed by atoms with Crippen LogP contribution in [0.15, 0.2) is 6.33 Å². The van der Waals surface area contributed by atoms with Gasteiger partial charge < -0.3 is 10.1 Å². The number of aromatic nitrogens is 2. The van der Waals surface area contributed by atoms with Gasteiger partial charge in [0.2, 0.25) is 5.91 Å². The summed E-state index contributed by atoms with van der Waals surface area (Å²) >= 11 is 11.6. The Morgan fingerprint density at radius 1 is 1.47 bits per heavy atom. The molecule has 0 bridgehead atoms. The zero-order chi connectivity index (χ0) is 12.3. The van der Waals surface area contributed by atoms with Crippen molar-refractivity contribution in [1.82, 2.24) is 9.97 Å². The topological polar surface area (TPSA) is 64.1 Å². The molecule has 0 saturated carbocycles. The maximum atomic E-state index is 11.9. The van der Waals surface area contributed by atoms with E-state index in [0.29, 0.717) is 13.2 Å². The first-order chi connectivity index (χ1) is 8.18. The highest BCUT2D eigenvalue weighted by Crippen LogP contribution is 2.26. The van der Waals surface area contributed by atoms with Gasteiger partial charge in [0.25, 0.3) is 0 Å². The van der Waals surface area contributed by atoms with Gasteiger partial charge in [-0.3, -0.25) is 4.79 Å². The lowest BCUT2D eigenvalue weighted by Gasteiger charge is -2.21. The lowest BCUT2D eigenvalue weighted by Crippen LogP contribution is -2.30. The first-order valence-electron chi connectivity index (χ1n) is 5.23. The molecule has 7 heteroatoms. The largest absolute Gasteiger partial charge is 0.381 e. The van der Waals surface area contributed by atoms with Crippen LogP contribution >= 0.6 is 23.2 Å². The fraction of sp³-hybridized carbons (Fsp3) is 0.500. The fourth-order valence-electron chi connectivity index (χ4n) is 1.60. The number of carbonyl (C=O) groups is 1. The highest BCUT2D eigenvalue weighted by molar-refractivity contribution is 6.42. The summed E-state index contributed by atoms with van der Waals surface area (Å²) in [6, 6.07) is 0. The maximum absolute atomic E-state index is 11.9. The molecule has 0 aromatic carbocycles. The van der Waals surface area contributed by atoms with Gasteiger partial charge in [-0.05, 0) is 12.8 Å². The summed E-state index contributed by atoms with van der Waals surface area (Å²) in [5, 5.41) is 2.91. The highest BCUT2D eigenvalue weighted by Gasteiger charge is 2.23. The number of nitrogens with zero attached hydrogens (tertiary/aromatic N) is 2. The Kier molecular flexibility index (Phi) is 4.15. The van der Waals surface area contributed by atoms with Crippen LogP contribution in [0.5, 0.6) is 0 Å². The Bertz CT molecular complexity index is 422. The smallest absolute Gasteiger partial charge is 0.231 e. The van der Waals surface area contributed by atoms with Gasteiger partial charge in [-0.25, -0.2) is 9.97 Å². The minimum atomic E-state index is -0.159. The van der Waals surface area contributed by atoms with Crippen LogP contribution in [0.3, 0.4) is 0 Å². The first-order valence-corrected chi connectivity index (χ1v) is 5.98. The van der Waals surface area contributed by atoms with Gasteiger partial charge >= 0.3 is 0 Å². The van der Waals surface area contributed by atoms with E-state index >= 15 is 0 Å². The van der Waals surface area contributed by atoms with Crippen LogP contribution < -0.4 is 5.32 Å². The Labute approximate surface area is 108 Å². The van der Waals surface area contributed by atoms with Crippen molar-refractivity contribution in [3.63, 3.8) is 0 Å². The van der Waals surface area contributed by atoms with Crippen molar-refractivity contribution in [1.29, 1.82) is 0 Å². The SMILES string of the molecule is O=C(Nc1ncnc(Cl)c1Cl)C1CCCOC1. The monoisotopic (exact) mass is 275 g/mol. The lowest BCUT2D eigenvalue weighted by molar-refractivity contribution is -0.123. The lowest BCUT2D eigenvalue weighted by atomic mass is 10.0. The second kappa shape index (κ2) is 5.62.